The van der Waals surface area contributed by atoms with Crippen molar-refractivity contribution in [2.75, 3.05) is 24.7 Å². The van der Waals surface area contributed by atoms with Gasteiger partial charge in [-0.1, -0.05) is 11.6 Å². The Labute approximate surface area is 182 Å². The van der Waals surface area contributed by atoms with Crippen LogP contribution in [0.2, 0.25) is 4.34 Å². The highest BCUT2D eigenvalue weighted by molar-refractivity contribution is 7.17. The second-order valence-electron chi connectivity index (χ2n) is 6.62. The number of nitrogens with zero attached hydrogens (tertiary/aromatic N) is 3. The number of hydrogen-bond donors (Lipinski definition) is 2. The fraction of sp³-hybridized carbons (Fsp3) is 0.250. The fourth-order valence-electron chi connectivity index (χ4n) is 3.20. The van der Waals surface area contributed by atoms with Gasteiger partial charge in [-0.3, -0.25) is 9.59 Å². The zero-order valence-corrected chi connectivity index (χ0v) is 17.6. The molecule has 1 fully saturated rings. The third-order valence-electron chi connectivity index (χ3n) is 4.66. The average Bonchev–Trinajstić information content (AvgIpc) is 3.39. The molecule has 156 valence electrons. The minimum absolute atomic E-state index is 0.0515. The Hall–Kier alpha value is -2.72. The highest BCUT2D eigenvalue weighted by Gasteiger charge is 2.20. The van der Waals surface area contributed by atoms with Gasteiger partial charge < -0.3 is 25.3 Å². The summed E-state index contributed by atoms with van der Waals surface area (Å²) in [6, 6.07) is 11.0. The number of nitrogens with two attached hydrogens (primary N) is 1. The van der Waals surface area contributed by atoms with E-state index >= 15 is 0 Å². The summed E-state index contributed by atoms with van der Waals surface area (Å²) in [7, 11) is 0. The van der Waals surface area contributed by atoms with E-state index in [0.29, 0.717) is 33.9 Å². The van der Waals surface area contributed by atoms with E-state index in [-0.39, 0.29) is 31.5 Å². The van der Waals surface area contributed by atoms with Crippen LogP contribution in [-0.4, -0.2) is 41.1 Å². The molecule has 0 aliphatic carbocycles. The monoisotopic (exact) mass is 445 g/mol. The Morgan fingerprint density at radius 1 is 1.23 bits per heavy atom. The van der Waals surface area contributed by atoms with Crippen molar-refractivity contribution in [3.63, 3.8) is 0 Å². The number of halogens is 1. The molecule has 0 saturated carbocycles. The number of hydrogen-bond acceptors (Lipinski definition) is 6. The molecule has 1 aliphatic heterocycles. The lowest BCUT2D eigenvalue weighted by Crippen LogP contribution is -2.41. The van der Waals surface area contributed by atoms with Crippen molar-refractivity contribution < 1.29 is 14.3 Å². The SMILES string of the molecule is NCc1nc(CNC(=O)c2ccc(Cl)s2)cn1-c1ccc(N2CCOCC2=O)cc1. The lowest BCUT2D eigenvalue weighted by molar-refractivity contribution is -0.125. The number of thiophene rings is 1. The molecule has 1 aromatic carbocycles. The molecule has 8 nitrogen and oxygen atoms in total. The quantitative estimate of drug-likeness (QED) is 0.606. The van der Waals surface area contributed by atoms with E-state index in [1.165, 1.54) is 11.3 Å². The summed E-state index contributed by atoms with van der Waals surface area (Å²) in [6.07, 6.45) is 1.85. The van der Waals surface area contributed by atoms with E-state index in [1.807, 2.05) is 35.0 Å². The fourth-order valence-corrected chi connectivity index (χ4v) is 4.16. The van der Waals surface area contributed by atoms with Crippen LogP contribution in [0.25, 0.3) is 5.69 Å². The van der Waals surface area contributed by atoms with Gasteiger partial charge in [0, 0.05) is 24.1 Å². The van der Waals surface area contributed by atoms with E-state index in [4.69, 9.17) is 22.1 Å². The molecule has 3 aromatic rings. The lowest BCUT2D eigenvalue weighted by Gasteiger charge is -2.27. The van der Waals surface area contributed by atoms with Crippen LogP contribution in [0.4, 0.5) is 5.69 Å². The number of benzene rings is 1. The Kier molecular flexibility index (Phi) is 6.14. The van der Waals surface area contributed by atoms with E-state index in [1.54, 1.807) is 17.0 Å². The van der Waals surface area contributed by atoms with Crippen molar-refractivity contribution in [2.45, 2.75) is 13.1 Å². The van der Waals surface area contributed by atoms with Crippen LogP contribution in [0.15, 0.2) is 42.6 Å². The second kappa shape index (κ2) is 8.97. The van der Waals surface area contributed by atoms with Crippen LogP contribution in [0.3, 0.4) is 0 Å². The van der Waals surface area contributed by atoms with Gasteiger partial charge in [0.25, 0.3) is 11.8 Å². The zero-order chi connectivity index (χ0) is 21.1. The van der Waals surface area contributed by atoms with Gasteiger partial charge in [0.1, 0.15) is 12.4 Å². The number of amides is 2. The first kappa shape index (κ1) is 20.5. The summed E-state index contributed by atoms with van der Waals surface area (Å²) in [5, 5.41) is 2.84. The van der Waals surface area contributed by atoms with Crippen LogP contribution in [0, 0.1) is 0 Å². The Morgan fingerprint density at radius 2 is 2.00 bits per heavy atom. The van der Waals surface area contributed by atoms with Crippen LogP contribution in [0.1, 0.15) is 21.2 Å². The van der Waals surface area contributed by atoms with Gasteiger partial charge in [0.15, 0.2) is 0 Å². The predicted molar refractivity (Wildman–Crippen MR) is 115 cm³/mol. The van der Waals surface area contributed by atoms with E-state index in [9.17, 15) is 9.59 Å². The molecule has 0 radical (unpaired) electrons. The molecule has 0 bridgehead atoms. The molecule has 10 heteroatoms. The zero-order valence-electron chi connectivity index (χ0n) is 16.0. The van der Waals surface area contributed by atoms with Crippen molar-refractivity contribution in [1.82, 2.24) is 14.9 Å². The van der Waals surface area contributed by atoms with Gasteiger partial charge in [-0.2, -0.15) is 0 Å². The molecule has 2 amide bonds. The van der Waals surface area contributed by atoms with E-state index in [0.717, 1.165) is 11.4 Å². The smallest absolute Gasteiger partial charge is 0.261 e. The maximum Gasteiger partial charge on any atom is 0.261 e. The number of imidazole rings is 1. The summed E-state index contributed by atoms with van der Waals surface area (Å²) in [4.78, 5) is 31.0. The molecule has 0 spiro atoms. The van der Waals surface area contributed by atoms with E-state index in [2.05, 4.69) is 10.3 Å². The summed E-state index contributed by atoms with van der Waals surface area (Å²) >= 11 is 7.11. The summed E-state index contributed by atoms with van der Waals surface area (Å²) in [5.74, 6) is 0.424. The number of rotatable bonds is 6. The van der Waals surface area contributed by atoms with Gasteiger partial charge in [-0.15, -0.1) is 11.3 Å². The largest absolute Gasteiger partial charge is 0.370 e. The average molecular weight is 446 g/mol. The number of aromatic nitrogens is 2. The first-order valence-corrected chi connectivity index (χ1v) is 10.5. The minimum atomic E-state index is -0.199. The molecule has 4 rings (SSSR count). The minimum Gasteiger partial charge on any atom is -0.370 e. The van der Waals surface area contributed by atoms with Crippen molar-refractivity contribution in [2.24, 2.45) is 5.73 Å². The van der Waals surface area contributed by atoms with Crippen LogP contribution >= 0.6 is 22.9 Å². The van der Waals surface area contributed by atoms with Gasteiger partial charge in [0.05, 0.1) is 34.6 Å². The third-order valence-corrected chi connectivity index (χ3v) is 5.89. The Morgan fingerprint density at radius 3 is 2.67 bits per heavy atom. The number of anilines is 1. The Bertz CT molecular complexity index is 1060. The van der Waals surface area contributed by atoms with Crippen molar-refractivity contribution in [3.05, 3.63) is 63.3 Å². The van der Waals surface area contributed by atoms with Crippen molar-refractivity contribution in [3.8, 4) is 5.69 Å². The van der Waals surface area contributed by atoms with Crippen LogP contribution in [0.5, 0.6) is 0 Å². The van der Waals surface area contributed by atoms with Crippen LogP contribution in [-0.2, 0) is 22.6 Å². The molecule has 30 heavy (non-hydrogen) atoms. The topological polar surface area (TPSA) is 102 Å². The van der Waals surface area contributed by atoms with Gasteiger partial charge >= 0.3 is 0 Å². The molecule has 1 aliphatic rings. The summed E-state index contributed by atoms with van der Waals surface area (Å²) in [6.45, 7) is 1.69. The van der Waals surface area contributed by atoms with Crippen LogP contribution < -0.4 is 16.0 Å². The maximum atomic E-state index is 12.2. The molecular weight excluding hydrogens is 426 g/mol. The number of carbonyl (C=O) groups is 2. The third kappa shape index (κ3) is 4.39. The molecule has 0 unspecified atom stereocenters. The summed E-state index contributed by atoms with van der Waals surface area (Å²) < 4.78 is 7.63. The second-order valence-corrected chi connectivity index (χ2v) is 8.34. The maximum absolute atomic E-state index is 12.2. The molecule has 3 heterocycles. The lowest BCUT2D eigenvalue weighted by atomic mass is 10.2. The van der Waals surface area contributed by atoms with Crippen molar-refractivity contribution >= 4 is 40.4 Å². The number of carbonyl (C=O) groups excluding carboxylic acids is 2. The standard InChI is InChI=1S/C20H20ClN5O3S/c21-17-6-5-16(30-17)20(28)23-10-13-11-26(18(9-22)24-13)15-3-1-14(2-4-15)25-7-8-29-12-19(25)27/h1-6,11H,7-10,12,22H2,(H,23,28). The van der Waals surface area contributed by atoms with Gasteiger partial charge in [-0.05, 0) is 36.4 Å². The van der Waals surface area contributed by atoms with Gasteiger partial charge in [0.2, 0.25) is 0 Å². The molecule has 1 saturated heterocycles. The first-order valence-electron chi connectivity index (χ1n) is 9.34. The van der Waals surface area contributed by atoms with Crippen molar-refractivity contribution in [1.29, 1.82) is 0 Å². The number of ether oxygens (including phenoxy) is 1. The molecule has 2 aromatic heterocycles. The normalized spacial score (nSPS) is 14.2. The highest BCUT2D eigenvalue weighted by atomic mass is 35.5. The summed E-state index contributed by atoms with van der Waals surface area (Å²) in [5.41, 5.74) is 8.25. The Balaban J connectivity index is 1.48. The number of morpholine rings is 1. The van der Waals surface area contributed by atoms with E-state index < -0.39 is 0 Å². The highest BCUT2D eigenvalue weighted by Crippen LogP contribution is 2.22. The first-order chi connectivity index (χ1) is 14.5. The number of nitrogens with one attached hydrogen (secondary N) is 1. The molecular formula is C20H20ClN5O3S. The van der Waals surface area contributed by atoms with Gasteiger partial charge in [-0.25, -0.2) is 4.98 Å². The molecule has 3 N–H and O–H groups in total. The predicted octanol–water partition coefficient (Wildman–Crippen LogP) is 2.34. The molecule has 0 atom stereocenters.